The average molecular weight is 303 g/mol. The van der Waals surface area contributed by atoms with E-state index in [2.05, 4.69) is 10.2 Å². The molecule has 0 aliphatic carbocycles. The van der Waals surface area contributed by atoms with Crippen LogP contribution in [0.25, 0.3) is 0 Å². The molecular weight excluding hydrogens is 278 g/mol. The van der Waals surface area contributed by atoms with Crippen molar-refractivity contribution in [2.45, 2.75) is 38.1 Å². The van der Waals surface area contributed by atoms with Gasteiger partial charge in [0.1, 0.15) is 5.75 Å². The molecule has 2 aliphatic heterocycles. The van der Waals surface area contributed by atoms with Crippen LogP contribution in [-0.4, -0.2) is 53.2 Å². The number of hydrogen-bond donors (Lipinski definition) is 2. The zero-order chi connectivity index (χ0) is 15.4. The van der Waals surface area contributed by atoms with E-state index < -0.39 is 0 Å². The molecule has 0 spiro atoms. The largest absolute Gasteiger partial charge is 0.508 e. The average Bonchev–Trinajstić information content (AvgIpc) is 2.58. The van der Waals surface area contributed by atoms with Gasteiger partial charge in [-0.05, 0) is 63.0 Å². The number of hydrogen-bond acceptors (Lipinski definition) is 3. The zero-order valence-corrected chi connectivity index (χ0v) is 13.0. The maximum atomic E-state index is 12.3. The van der Waals surface area contributed by atoms with Crippen molar-refractivity contribution >= 4 is 11.7 Å². The maximum Gasteiger partial charge on any atom is 0.321 e. The number of phenolic OH excluding ortho intramolecular Hbond substituents is 1. The molecular formula is C17H25N3O2. The van der Waals surface area contributed by atoms with Gasteiger partial charge < -0.3 is 20.2 Å². The number of nitrogens with zero attached hydrogens (tertiary/aromatic N) is 2. The number of benzene rings is 1. The highest BCUT2D eigenvalue weighted by Gasteiger charge is 2.27. The number of phenols is 1. The van der Waals surface area contributed by atoms with Gasteiger partial charge >= 0.3 is 6.03 Å². The molecule has 2 fully saturated rings. The molecule has 0 saturated carbocycles. The Hall–Kier alpha value is -1.75. The van der Waals surface area contributed by atoms with Crippen molar-refractivity contribution in [1.29, 1.82) is 0 Å². The van der Waals surface area contributed by atoms with E-state index in [0.29, 0.717) is 6.04 Å². The molecule has 2 aliphatic rings. The normalized spacial score (nSPS) is 20.8. The maximum absolute atomic E-state index is 12.3. The van der Waals surface area contributed by atoms with Gasteiger partial charge in [0, 0.05) is 24.8 Å². The summed E-state index contributed by atoms with van der Waals surface area (Å²) in [5.41, 5.74) is 0.723. The van der Waals surface area contributed by atoms with Crippen molar-refractivity contribution in [3.63, 3.8) is 0 Å². The molecule has 5 nitrogen and oxygen atoms in total. The van der Waals surface area contributed by atoms with Crippen LogP contribution in [0.1, 0.15) is 32.1 Å². The van der Waals surface area contributed by atoms with Crippen molar-refractivity contribution in [1.82, 2.24) is 9.80 Å². The first-order valence-electron chi connectivity index (χ1n) is 8.31. The Bertz CT molecular complexity index is 489. The van der Waals surface area contributed by atoms with Crippen molar-refractivity contribution < 1.29 is 9.90 Å². The first-order valence-corrected chi connectivity index (χ1v) is 8.31. The van der Waals surface area contributed by atoms with Gasteiger partial charge in [0.05, 0.1) is 0 Å². The molecule has 0 unspecified atom stereocenters. The van der Waals surface area contributed by atoms with Crippen LogP contribution in [0.4, 0.5) is 10.5 Å². The topological polar surface area (TPSA) is 55.8 Å². The lowest BCUT2D eigenvalue weighted by atomic mass is 10.0. The summed E-state index contributed by atoms with van der Waals surface area (Å²) in [5, 5.41) is 12.2. The highest BCUT2D eigenvalue weighted by molar-refractivity contribution is 5.89. The van der Waals surface area contributed by atoms with Gasteiger partial charge in [-0.1, -0.05) is 6.42 Å². The van der Waals surface area contributed by atoms with E-state index in [1.807, 2.05) is 4.90 Å². The molecule has 0 bridgehead atoms. The van der Waals surface area contributed by atoms with E-state index in [1.165, 1.54) is 32.4 Å². The van der Waals surface area contributed by atoms with E-state index in [9.17, 15) is 9.90 Å². The van der Waals surface area contributed by atoms with Crippen LogP contribution in [0.5, 0.6) is 5.75 Å². The van der Waals surface area contributed by atoms with Crippen molar-refractivity contribution in [2.75, 3.05) is 31.5 Å². The smallest absolute Gasteiger partial charge is 0.321 e. The molecule has 5 heteroatoms. The highest BCUT2D eigenvalue weighted by atomic mass is 16.3. The Kier molecular flexibility index (Phi) is 4.83. The van der Waals surface area contributed by atoms with Crippen LogP contribution >= 0.6 is 0 Å². The summed E-state index contributed by atoms with van der Waals surface area (Å²) >= 11 is 0. The number of rotatable bonds is 2. The number of carbonyl (C=O) groups is 1. The van der Waals surface area contributed by atoms with Gasteiger partial charge in [-0.2, -0.15) is 0 Å². The third-order valence-electron chi connectivity index (χ3n) is 4.78. The monoisotopic (exact) mass is 303 g/mol. The van der Waals surface area contributed by atoms with Gasteiger partial charge in [-0.3, -0.25) is 0 Å². The van der Waals surface area contributed by atoms with E-state index in [1.54, 1.807) is 24.3 Å². The predicted molar refractivity (Wildman–Crippen MR) is 87.1 cm³/mol. The minimum Gasteiger partial charge on any atom is -0.508 e. The number of amides is 2. The fourth-order valence-electron chi connectivity index (χ4n) is 3.46. The Morgan fingerprint density at radius 1 is 1.00 bits per heavy atom. The third-order valence-corrected chi connectivity index (χ3v) is 4.78. The van der Waals surface area contributed by atoms with Crippen molar-refractivity contribution in [2.24, 2.45) is 0 Å². The van der Waals surface area contributed by atoms with Gasteiger partial charge in [-0.15, -0.1) is 0 Å². The van der Waals surface area contributed by atoms with Gasteiger partial charge in [0.2, 0.25) is 0 Å². The molecule has 2 N–H and O–H groups in total. The number of piperidine rings is 2. The number of likely N-dealkylation sites (tertiary alicyclic amines) is 2. The molecule has 3 rings (SSSR count). The second-order valence-corrected chi connectivity index (χ2v) is 6.29. The number of carbonyl (C=O) groups excluding carboxylic acids is 1. The molecule has 0 radical (unpaired) electrons. The van der Waals surface area contributed by atoms with Crippen molar-refractivity contribution in [3.05, 3.63) is 24.3 Å². The summed E-state index contributed by atoms with van der Waals surface area (Å²) in [6.45, 7) is 4.10. The predicted octanol–water partition coefficient (Wildman–Crippen LogP) is 2.87. The van der Waals surface area contributed by atoms with E-state index in [0.717, 1.165) is 31.6 Å². The summed E-state index contributed by atoms with van der Waals surface area (Å²) in [6.07, 6.45) is 6.15. The Labute approximate surface area is 131 Å². The van der Waals surface area contributed by atoms with Crippen LogP contribution < -0.4 is 5.32 Å². The van der Waals surface area contributed by atoms with E-state index in [4.69, 9.17) is 0 Å². The Balaban J connectivity index is 1.48. The van der Waals surface area contributed by atoms with Crippen LogP contribution in [0.3, 0.4) is 0 Å². The number of urea groups is 1. The lowest BCUT2D eigenvalue weighted by molar-refractivity contribution is 0.104. The third kappa shape index (κ3) is 3.71. The Morgan fingerprint density at radius 2 is 1.64 bits per heavy atom. The van der Waals surface area contributed by atoms with Crippen LogP contribution in [0, 0.1) is 0 Å². The summed E-state index contributed by atoms with van der Waals surface area (Å²) < 4.78 is 0. The summed E-state index contributed by atoms with van der Waals surface area (Å²) in [7, 11) is 0. The minimum absolute atomic E-state index is 0.0391. The standard InChI is InChI=1S/C17H25N3O2/c21-16-6-4-14(5-7-16)18-17(22)20-12-8-15(9-13-20)19-10-2-1-3-11-19/h4-7,15,21H,1-3,8-13H2,(H,18,22). The number of nitrogens with one attached hydrogen (secondary N) is 1. The molecule has 2 heterocycles. The lowest BCUT2D eigenvalue weighted by Crippen LogP contribution is -2.49. The fraction of sp³-hybridized carbons (Fsp3) is 0.588. The highest BCUT2D eigenvalue weighted by Crippen LogP contribution is 2.21. The SMILES string of the molecule is O=C(Nc1ccc(O)cc1)N1CCC(N2CCCCC2)CC1. The van der Waals surface area contributed by atoms with Crippen molar-refractivity contribution in [3.8, 4) is 5.75 Å². The summed E-state index contributed by atoms with van der Waals surface area (Å²) in [4.78, 5) is 16.8. The second-order valence-electron chi connectivity index (χ2n) is 6.29. The van der Waals surface area contributed by atoms with E-state index in [-0.39, 0.29) is 11.8 Å². The molecule has 2 amide bonds. The van der Waals surface area contributed by atoms with E-state index >= 15 is 0 Å². The molecule has 2 saturated heterocycles. The molecule has 0 atom stereocenters. The first-order chi connectivity index (χ1) is 10.7. The summed E-state index contributed by atoms with van der Waals surface area (Å²) in [5.74, 6) is 0.209. The van der Waals surface area contributed by atoms with Crippen LogP contribution in [-0.2, 0) is 0 Å². The minimum atomic E-state index is -0.0391. The lowest BCUT2D eigenvalue weighted by Gasteiger charge is -2.40. The fourth-order valence-corrected chi connectivity index (χ4v) is 3.46. The molecule has 22 heavy (non-hydrogen) atoms. The quantitative estimate of drug-likeness (QED) is 0.826. The zero-order valence-electron chi connectivity index (χ0n) is 13.0. The Morgan fingerprint density at radius 3 is 2.27 bits per heavy atom. The van der Waals surface area contributed by atoms with Gasteiger partial charge in [0.25, 0.3) is 0 Å². The van der Waals surface area contributed by atoms with Gasteiger partial charge in [-0.25, -0.2) is 4.79 Å². The van der Waals surface area contributed by atoms with Gasteiger partial charge in [0.15, 0.2) is 0 Å². The molecule has 1 aromatic carbocycles. The first kappa shape index (κ1) is 15.2. The summed E-state index contributed by atoms with van der Waals surface area (Å²) in [6, 6.07) is 7.21. The molecule has 1 aromatic rings. The number of anilines is 1. The van der Waals surface area contributed by atoms with Crippen LogP contribution in [0.15, 0.2) is 24.3 Å². The molecule has 0 aromatic heterocycles. The number of aromatic hydroxyl groups is 1. The van der Waals surface area contributed by atoms with Crippen LogP contribution in [0.2, 0.25) is 0 Å². The molecule has 120 valence electrons. The second kappa shape index (κ2) is 7.01.